The van der Waals surface area contributed by atoms with Gasteiger partial charge in [0.05, 0.1) is 0 Å². The Hall–Kier alpha value is 0.0569. The van der Waals surface area contributed by atoms with Gasteiger partial charge in [-0.3, -0.25) is 11.3 Å². The van der Waals surface area contributed by atoms with Gasteiger partial charge in [-0.2, -0.15) is 0 Å². The minimum Gasteiger partial charge on any atom is -0.398 e. The zero-order valence-corrected chi connectivity index (χ0v) is 10.5. The molecule has 0 aliphatic heterocycles. The lowest BCUT2D eigenvalue weighted by atomic mass is 10.6. The van der Waals surface area contributed by atoms with Crippen molar-refractivity contribution in [1.82, 2.24) is 5.43 Å². The summed E-state index contributed by atoms with van der Waals surface area (Å²) in [6.07, 6.45) is 1.14. The monoisotopic (exact) mass is 208 g/mol. The van der Waals surface area contributed by atoms with Crippen molar-refractivity contribution < 1.29 is 8.85 Å². The van der Waals surface area contributed by atoms with Crippen molar-refractivity contribution in [2.24, 2.45) is 5.84 Å². The largest absolute Gasteiger partial charge is 0.398 e. The SMILES string of the molecule is CCC[Si](C)(OC)OC.CCNN. The lowest BCUT2D eigenvalue weighted by molar-refractivity contribution is 0.249. The van der Waals surface area contributed by atoms with E-state index in [1.165, 1.54) is 0 Å². The quantitative estimate of drug-likeness (QED) is 0.405. The molecule has 0 aromatic rings. The van der Waals surface area contributed by atoms with Gasteiger partial charge in [-0.15, -0.1) is 0 Å². The van der Waals surface area contributed by atoms with E-state index in [0.717, 1.165) is 19.0 Å². The van der Waals surface area contributed by atoms with E-state index in [0.29, 0.717) is 0 Å². The van der Waals surface area contributed by atoms with E-state index in [1.807, 2.05) is 6.92 Å². The highest BCUT2D eigenvalue weighted by molar-refractivity contribution is 6.65. The van der Waals surface area contributed by atoms with Gasteiger partial charge >= 0.3 is 8.56 Å². The summed E-state index contributed by atoms with van der Waals surface area (Å²) >= 11 is 0. The van der Waals surface area contributed by atoms with Crippen molar-refractivity contribution in [3.05, 3.63) is 0 Å². The molecule has 0 heterocycles. The molecule has 0 atom stereocenters. The maximum atomic E-state index is 5.24. The Bertz CT molecular complexity index is 98.1. The lowest BCUT2D eigenvalue weighted by Crippen LogP contribution is -2.35. The molecule has 0 fully saturated rings. The molecule has 3 N–H and O–H groups in total. The van der Waals surface area contributed by atoms with E-state index in [4.69, 9.17) is 14.7 Å². The molecule has 0 saturated carbocycles. The van der Waals surface area contributed by atoms with Crippen LogP contribution in [0.5, 0.6) is 0 Å². The molecule has 82 valence electrons. The summed E-state index contributed by atoms with van der Waals surface area (Å²) in [5.74, 6) is 4.78. The smallest absolute Gasteiger partial charge is 0.334 e. The van der Waals surface area contributed by atoms with Gasteiger partial charge in [0.25, 0.3) is 0 Å². The first-order valence-electron chi connectivity index (χ1n) is 4.63. The van der Waals surface area contributed by atoms with Gasteiger partial charge in [0, 0.05) is 20.8 Å². The summed E-state index contributed by atoms with van der Waals surface area (Å²) in [6.45, 7) is 7.01. The Balaban J connectivity index is 0. The highest BCUT2D eigenvalue weighted by Crippen LogP contribution is 2.12. The molecule has 0 radical (unpaired) electrons. The molecular formula is C8H24N2O2Si. The first-order valence-corrected chi connectivity index (χ1v) is 7.16. The van der Waals surface area contributed by atoms with Crippen LogP contribution in [-0.4, -0.2) is 29.3 Å². The average Bonchev–Trinajstić information content (AvgIpc) is 2.18. The van der Waals surface area contributed by atoms with Crippen LogP contribution in [0, 0.1) is 0 Å². The van der Waals surface area contributed by atoms with Gasteiger partial charge in [0.15, 0.2) is 0 Å². The highest BCUT2D eigenvalue weighted by atomic mass is 28.4. The molecule has 0 aliphatic carbocycles. The second kappa shape index (κ2) is 10.1. The van der Waals surface area contributed by atoms with Crippen molar-refractivity contribution >= 4 is 8.56 Å². The number of rotatable bonds is 5. The van der Waals surface area contributed by atoms with Crippen LogP contribution in [0.15, 0.2) is 0 Å². The normalized spacial score (nSPS) is 10.6. The van der Waals surface area contributed by atoms with Gasteiger partial charge in [-0.05, 0) is 12.6 Å². The number of hydrazine groups is 1. The summed E-state index contributed by atoms with van der Waals surface area (Å²) in [5.41, 5.74) is 2.43. The lowest BCUT2D eigenvalue weighted by Gasteiger charge is -2.21. The predicted molar refractivity (Wildman–Crippen MR) is 58.6 cm³/mol. The summed E-state index contributed by atoms with van der Waals surface area (Å²) in [4.78, 5) is 0. The Morgan fingerprint density at radius 3 is 1.69 bits per heavy atom. The fraction of sp³-hybridized carbons (Fsp3) is 1.00. The van der Waals surface area contributed by atoms with Crippen LogP contribution in [0.25, 0.3) is 0 Å². The van der Waals surface area contributed by atoms with Crippen molar-refractivity contribution in [2.75, 3.05) is 20.8 Å². The van der Waals surface area contributed by atoms with Crippen molar-refractivity contribution in [2.45, 2.75) is 32.9 Å². The Kier molecular flexibility index (Phi) is 12.1. The summed E-state index contributed by atoms with van der Waals surface area (Å²) in [6, 6.07) is 1.08. The van der Waals surface area contributed by atoms with Crippen LogP contribution in [0.4, 0.5) is 0 Å². The molecule has 0 spiro atoms. The fourth-order valence-corrected chi connectivity index (χ4v) is 2.22. The maximum absolute atomic E-state index is 5.24. The number of hydrogen-bond acceptors (Lipinski definition) is 4. The van der Waals surface area contributed by atoms with E-state index in [1.54, 1.807) is 14.2 Å². The first-order chi connectivity index (χ1) is 6.10. The third kappa shape index (κ3) is 9.97. The summed E-state index contributed by atoms with van der Waals surface area (Å²) in [7, 11) is 1.76. The standard InChI is InChI=1S/C6H16O2Si.C2H8N2/c1-5-6-9(4,7-2)8-3;1-2-4-3/h5-6H2,1-4H3;4H,2-3H2,1H3. The molecule has 0 aliphatic rings. The third-order valence-electron chi connectivity index (χ3n) is 1.77. The molecular weight excluding hydrogens is 184 g/mol. The predicted octanol–water partition coefficient (Wildman–Crippen LogP) is 1.23. The van der Waals surface area contributed by atoms with Gasteiger partial charge in [0.2, 0.25) is 0 Å². The van der Waals surface area contributed by atoms with Crippen LogP contribution in [-0.2, 0) is 8.85 Å². The van der Waals surface area contributed by atoms with Crippen molar-refractivity contribution in [3.63, 3.8) is 0 Å². The Morgan fingerprint density at radius 1 is 1.23 bits per heavy atom. The van der Waals surface area contributed by atoms with Crippen LogP contribution < -0.4 is 11.3 Å². The molecule has 0 amide bonds. The average molecular weight is 208 g/mol. The van der Waals surface area contributed by atoms with Crippen LogP contribution in [0.1, 0.15) is 20.3 Å². The molecule has 0 aromatic heterocycles. The Labute approximate surface area is 83.0 Å². The first kappa shape index (κ1) is 15.5. The van der Waals surface area contributed by atoms with Crippen LogP contribution in [0.3, 0.4) is 0 Å². The Morgan fingerprint density at radius 2 is 1.62 bits per heavy atom. The highest BCUT2D eigenvalue weighted by Gasteiger charge is 2.26. The number of hydrogen-bond donors (Lipinski definition) is 2. The van der Waals surface area contributed by atoms with E-state index >= 15 is 0 Å². The number of nitrogens with two attached hydrogens (primary N) is 1. The molecule has 0 unspecified atom stereocenters. The van der Waals surface area contributed by atoms with Gasteiger partial charge in [0.1, 0.15) is 0 Å². The maximum Gasteiger partial charge on any atom is 0.334 e. The van der Waals surface area contributed by atoms with Crippen LogP contribution in [0.2, 0.25) is 12.6 Å². The van der Waals surface area contributed by atoms with E-state index in [2.05, 4.69) is 18.9 Å². The molecule has 0 bridgehead atoms. The number of nitrogens with one attached hydrogen (secondary N) is 1. The van der Waals surface area contributed by atoms with Crippen molar-refractivity contribution in [1.29, 1.82) is 0 Å². The van der Waals surface area contributed by atoms with Gasteiger partial charge in [-0.25, -0.2) is 0 Å². The molecule has 0 saturated heterocycles. The van der Waals surface area contributed by atoms with E-state index in [-0.39, 0.29) is 0 Å². The zero-order valence-electron chi connectivity index (χ0n) is 9.52. The van der Waals surface area contributed by atoms with Crippen molar-refractivity contribution in [3.8, 4) is 0 Å². The minimum absolute atomic E-state index is 0.847. The second-order valence-corrected chi connectivity index (χ2v) is 6.43. The summed E-state index contributed by atoms with van der Waals surface area (Å²) < 4.78 is 10.5. The molecule has 13 heavy (non-hydrogen) atoms. The van der Waals surface area contributed by atoms with E-state index in [9.17, 15) is 0 Å². The van der Waals surface area contributed by atoms with E-state index < -0.39 is 8.56 Å². The van der Waals surface area contributed by atoms with Gasteiger partial charge in [-0.1, -0.05) is 20.3 Å². The fourth-order valence-electron chi connectivity index (χ4n) is 0.742. The minimum atomic E-state index is -1.70. The molecule has 4 nitrogen and oxygen atoms in total. The van der Waals surface area contributed by atoms with Gasteiger partial charge < -0.3 is 8.85 Å². The topological polar surface area (TPSA) is 56.5 Å². The second-order valence-electron chi connectivity index (χ2n) is 2.85. The van der Waals surface area contributed by atoms with Crippen LogP contribution >= 0.6 is 0 Å². The molecule has 0 aromatic carbocycles. The third-order valence-corrected chi connectivity index (χ3v) is 4.91. The molecule has 0 rings (SSSR count). The zero-order chi connectivity index (χ0) is 10.7. The molecule has 5 heteroatoms. The summed E-state index contributed by atoms with van der Waals surface area (Å²) in [5, 5.41) is 0.